The zero-order valence-electron chi connectivity index (χ0n) is 17.9. The van der Waals surface area contributed by atoms with Gasteiger partial charge in [-0.25, -0.2) is 0 Å². The lowest BCUT2D eigenvalue weighted by atomic mass is 10.0. The minimum atomic E-state index is 0.133. The van der Waals surface area contributed by atoms with Gasteiger partial charge in [0.2, 0.25) is 5.95 Å². The summed E-state index contributed by atoms with van der Waals surface area (Å²) in [6, 6.07) is 31.8. The van der Waals surface area contributed by atoms with E-state index in [1.54, 1.807) is 11.8 Å². The first-order valence-electron chi connectivity index (χ1n) is 10.9. The summed E-state index contributed by atoms with van der Waals surface area (Å²) in [6.45, 7) is 3.84. The molecule has 0 saturated carbocycles. The largest absolute Gasteiger partial charge is 0.378 e. The molecule has 1 aliphatic rings. The highest BCUT2D eigenvalue weighted by atomic mass is 32.2. The Balaban J connectivity index is 1.53. The van der Waals surface area contributed by atoms with Crippen molar-refractivity contribution in [3.8, 4) is 0 Å². The van der Waals surface area contributed by atoms with Crippen LogP contribution in [0, 0.1) is 0 Å². The molecule has 2 heterocycles. The van der Waals surface area contributed by atoms with Crippen molar-refractivity contribution in [3.05, 3.63) is 108 Å². The molecule has 4 aromatic rings. The van der Waals surface area contributed by atoms with Crippen LogP contribution in [0.1, 0.15) is 21.9 Å². The Morgan fingerprint density at radius 1 is 0.750 bits per heavy atom. The summed E-state index contributed by atoms with van der Waals surface area (Å²) in [5.41, 5.74) is 3.75. The number of rotatable bonds is 7. The van der Waals surface area contributed by atoms with Crippen molar-refractivity contribution in [2.24, 2.45) is 0 Å². The lowest BCUT2D eigenvalue weighted by molar-refractivity contribution is 0.121. The zero-order valence-corrected chi connectivity index (χ0v) is 18.7. The quantitative estimate of drug-likeness (QED) is 0.375. The highest BCUT2D eigenvalue weighted by Gasteiger charge is 2.24. The third-order valence-corrected chi connectivity index (χ3v) is 6.90. The average Bonchev–Trinajstić information content (AvgIpc) is 3.26. The minimum absolute atomic E-state index is 0.133. The molecule has 5 rings (SSSR count). The van der Waals surface area contributed by atoms with Crippen LogP contribution in [0.2, 0.25) is 0 Å². The zero-order chi connectivity index (χ0) is 21.6. The van der Waals surface area contributed by atoms with Gasteiger partial charge in [0.05, 0.1) is 25.0 Å². The topological polar surface area (TPSA) is 43.2 Å². The molecule has 32 heavy (non-hydrogen) atoms. The number of hydrogen-bond donors (Lipinski definition) is 0. The van der Waals surface area contributed by atoms with Gasteiger partial charge in [-0.2, -0.15) is 0 Å². The van der Waals surface area contributed by atoms with Crippen LogP contribution >= 0.6 is 11.8 Å². The Labute approximate surface area is 193 Å². The first kappa shape index (κ1) is 20.8. The maximum atomic E-state index is 5.56. The van der Waals surface area contributed by atoms with Crippen LogP contribution < -0.4 is 4.90 Å². The van der Waals surface area contributed by atoms with E-state index in [-0.39, 0.29) is 5.25 Å². The molecule has 0 aliphatic carbocycles. The van der Waals surface area contributed by atoms with Crippen molar-refractivity contribution in [1.82, 2.24) is 14.8 Å². The van der Waals surface area contributed by atoms with E-state index in [4.69, 9.17) is 4.74 Å². The molecule has 3 aromatic carbocycles. The Hall–Kier alpha value is -3.09. The molecule has 5 nitrogen and oxygen atoms in total. The fourth-order valence-electron chi connectivity index (χ4n) is 3.96. The molecule has 0 N–H and O–H groups in total. The van der Waals surface area contributed by atoms with Gasteiger partial charge in [-0.15, -0.1) is 10.2 Å². The average molecular weight is 443 g/mol. The second-order valence-corrected chi connectivity index (χ2v) is 8.85. The molecule has 1 fully saturated rings. The molecule has 0 radical (unpaired) electrons. The molecule has 0 atom stereocenters. The van der Waals surface area contributed by atoms with E-state index in [9.17, 15) is 0 Å². The minimum Gasteiger partial charge on any atom is -0.378 e. The summed E-state index contributed by atoms with van der Waals surface area (Å²) >= 11 is 1.76. The second-order valence-electron chi connectivity index (χ2n) is 7.77. The fourth-order valence-corrected chi connectivity index (χ4v) is 5.12. The van der Waals surface area contributed by atoms with Crippen LogP contribution in [0.3, 0.4) is 0 Å². The number of anilines is 1. The normalized spacial score (nSPS) is 14.1. The summed E-state index contributed by atoms with van der Waals surface area (Å²) in [7, 11) is 0. The van der Waals surface area contributed by atoms with Crippen LogP contribution in [0.15, 0.2) is 96.2 Å². The monoisotopic (exact) mass is 442 g/mol. The molecule has 1 saturated heterocycles. The molecule has 6 heteroatoms. The number of thioether (sulfide) groups is 1. The summed E-state index contributed by atoms with van der Waals surface area (Å²) in [6.07, 6.45) is 0. The lowest BCUT2D eigenvalue weighted by Gasteiger charge is -2.28. The fraction of sp³-hybridized carbons (Fsp3) is 0.231. The van der Waals surface area contributed by atoms with Crippen LogP contribution in [0.4, 0.5) is 5.95 Å². The van der Waals surface area contributed by atoms with Crippen LogP contribution in [0.5, 0.6) is 0 Å². The van der Waals surface area contributed by atoms with E-state index in [1.165, 1.54) is 16.7 Å². The molecule has 1 aromatic heterocycles. The van der Waals surface area contributed by atoms with Crippen LogP contribution in [-0.2, 0) is 11.3 Å². The predicted molar refractivity (Wildman–Crippen MR) is 129 cm³/mol. The Kier molecular flexibility index (Phi) is 6.51. The van der Waals surface area contributed by atoms with Crippen molar-refractivity contribution in [2.75, 3.05) is 31.2 Å². The second kappa shape index (κ2) is 10.0. The van der Waals surface area contributed by atoms with Gasteiger partial charge in [0.1, 0.15) is 0 Å². The van der Waals surface area contributed by atoms with Gasteiger partial charge in [-0.3, -0.25) is 4.57 Å². The lowest BCUT2D eigenvalue weighted by Crippen LogP contribution is -2.38. The molecule has 1 aliphatic heterocycles. The number of nitrogens with zero attached hydrogens (tertiary/aromatic N) is 4. The van der Waals surface area contributed by atoms with E-state index in [0.717, 1.165) is 44.0 Å². The third-order valence-electron chi connectivity index (χ3n) is 5.60. The smallest absolute Gasteiger partial charge is 0.228 e. The SMILES string of the molecule is c1ccc(Cn2c(SC(c3ccccc3)c3ccccc3)nnc2N2CCOCC2)cc1. The van der Waals surface area contributed by atoms with Gasteiger partial charge in [0, 0.05) is 13.1 Å². The van der Waals surface area contributed by atoms with E-state index < -0.39 is 0 Å². The molecular weight excluding hydrogens is 416 g/mol. The standard InChI is InChI=1S/C26H26N4OS/c1-4-10-21(11-5-1)20-30-25(29-16-18-31-19-17-29)27-28-26(30)32-24(22-12-6-2-7-13-22)23-14-8-3-9-15-23/h1-15,24H,16-20H2. The number of ether oxygens (including phenoxy) is 1. The van der Waals surface area contributed by atoms with Crippen LogP contribution in [-0.4, -0.2) is 41.1 Å². The number of benzene rings is 3. The molecular formula is C26H26N4OS. The Morgan fingerprint density at radius 2 is 1.31 bits per heavy atom. The summed E-state index contributed by atoms with van der Waals surface area (Å²) in [5.74, 6) is 0.916. The maximum absolute atomic E-state index is 5.56. The highest BCUT2D eigenvalue weighted by molar-refractivity contribution is 7.99. The van der Waals surface area contributed by atoms with Gasteiger partial charge in [-0.05, 0) is 16.7 Å². The number of morpholine rings is 1. The first-order chi connectivity index (χ1) is 15.9. The van der Waals surface area contributed by atoms with E-state index in [0.29, 0.717) is 0 Å². The molecule has 0 bridgehead atoms. The molecule has 0 unspecified atom stereocenters. The summed E-state index contributed by atoms with van der Waals surface area (Å²) < 4.78 is 7.82. The Morgan fingerprint density at radius 3 is 1.91 bits per heavy atom. The van der Waals surface area contributed by atoms with Gasteiger partial charge in [0.15, 0.2) is 5.16 Å². The maximum Gasteiger partial charge on any atom is 0.228 e. The highest BCUT2D eigenvalue weighted by Crippen LogP contribution is 2.40. The van der Waals surface area contributed by atoms with Crippen molar-refractivity contribution < 1.29 is 4.74 Å². The van der Waals surface area contributed by atoms with E-state index in [1.807, 2.05) is 0 Å². The summed E-state index contributed by atoms with van der Waals surface area (Å²) in [4.78, 5) is 2.28. The molecule has 162 valence electrons. The van der Waals surface area contributed by atoms with Gasteiger partial charge >= 0.3 is 0 Å². The third kappa shape index (κ3) is 4.71. The van der Waals surface area contributed by atoms with Crippen molar-refractivity contribution >= 4 is 17.7 Å². The van der Waals surface area contributed by atoms with Gasteiger partial charge < -0.3 is 9.64 Å². The molecule has 0 spiro atoms. The van der Waals surface area contributed by atoms with Crippen molar-refractivity contribution in [2.45, 2.75) is 17.0 Å². The van der Waals surface area contributed by atoms with Crippen molar-refractivity contribution in [1.29, 1.82) is 0 Å². The summed E-state index contributed by atoms with van der Waals surface area (Å²) in [5, 5.41) is 10.4. The van der Waals surface area contributed by atoms with Gasteiger partial charge in [-0.1, -0.05) is 103 Å². The van der Waals surface area contributed by atoms with Crippen LogP contribution in [0.25, 0.3) is 0 Å². The number of aromatic nitrogens is 3. The first-order valence-corrected chi connectivity index (χ1v) is 11.8. The predicted octanol–water partition coefficient (Wildman–Crippen LogP) is 5.04. The van der Waals surface area contributed by atoms with Crippen molar-refractivity contribution in [3.63, 3.8) is 0 Å². The Bertz CT molecular complexity index is 1070. The molecule has 0 amide bonds. The number of hydrogen-bond acceptors (Lipinski definition) is 5. The van der Waals surface area contributed by atoms with Gasteiger partial charge in [0.25, 0.3) is 0 Å². The van der Waals surface area contributed by atoms with E-state index >= 15 is 0 Å². The van der Waals surface area contributed by atoms with E-state index in [2.05, 4.69) is 111 Å².